The van der Waals surface area contributed by atoms with Crippen LogP contribution in [0.25, 0.3) is 0 Å². The Balaban J connectivity index is 2.69. The van der Waals surface area contributed by atoms with E-state index in [9.17, 15) is 18.7 Å². The van der Waals surface area contributed by atoms with Crippen LogP contribution in [-0.4, -0.2) is 41.7 Å². The number of rotatable bonds is 8. The first-order chi connectivity index (χ1) is 10.2. The number of aliphatic hydroxyl groups is 1. The minimum absolute atomic E-state index is 0.107. The first-order valence-electron chi connectivity index (χ1n) is 7.03. The monoisotopic (exact) mass is 316 g/mol. The number of ether oxygens (including phenoxy) is 1. The third kappa shape index (κ3) is 6.34. The summed E-state index contributed by atoms with van der Waals surface area (Å²) in [5.74, 6) is -0.565. The Morgan fingerprint density at radius 3 is 2.77 bits per heavy atom. The number of halogens is 2. The molecule has 1 unspecified atom stereocenters. The highest BCUT2D eigenvalue weighted by Crippen LogP contribution is 2.22. The van der Waals surface area contributed by atoms with Gasteiger partial charge >= 0.3 is 0 Å². The summed E-state index contributed by atoms with van der Waals surface area (Å²) in [7, 11) is 0. The van der Waals surface area contributed by atoms with E-state index >= 15 is 0 Å². The summed E-state index contributed by atoms with van der Waals surface area (Å²) in [6.07, 6.45) is -1.22. The first kappa shape index (κ1) is 18.3. The van der Waals surface area contributed by atoms with Gasteiger partial charge in [-0.05, 0) is 30.9 Å². The van der Waals surface area contributed by atoms with Crippen molar-refractivity contribution in [1.82, 2.24) is 10.3 Å². The van der Waals surface area contributed by atoms with Crippen LogP contribution in [0.2, 0.25) is 0 Å². The number of carbonyl (C=O) groups excluding carboxylic acids is 1. The van der Waals surface area contributed by atoms with Crippen LogP contribution >= 0.6 is 0 Å². The van der Waals surface area contributed by atoms with Crippen LogP contribution in [0.15, 0.2) is 18.3 Å². The molecule has 0 aliphatic heterocycles. The fourth-order valence-electron chi connectivity index (χ4n) is 2.11. The van der Waals surface area contributed by atoms with Gasteiger partial charge in [0.25, 0.3) is 12.3 Å². The van der Waals surface area contributed by atoms with Crippen molar-refractivity contribution in [2.75, 3.05) is 13.2 Å². The molecule has 0 aliphatic rings. The van der Waals surface area contributed by atoms with Crippen molar-refractivity contribution in [3.8, 4) is 5.88 Å². The maximum Gasteiger partial charge on any atom is 0.272 e. The standard InChI is InChI=1S/C15H22F2N2O3/c1-10(20)7-15(2,3)9-19-13(21)11-5-4-6-18-14(11)22-8-12(16)17/h4-6,10,12,20H,7-9H2,1-3H3,(H,19,21). The van der Waals surface area contributed by atoms with E-state index in [4.69, 9.17) is 4.74 Å². The summed E-state index contributed by atoms with van der Waals surface area (Å²) in [5.41, 5.74) is -0.188. The SMILES string of the molecule is CC(O)CC(C)(C)CNC(=O)c1cccnc1OCC(F)F. The third-order valence-electron chi connectivity index (χ3n) is 2.94. The molecule has 0 aromatic carbocycles. The minimum Gasteiger partial charge on any atom is -0.471 e. The lowest BCUT2D eigenvalue weighted by Crippen LogP contribution is -2.36. The largest absolute Gasteiger partial charge is 0.471 e. The molecule has 1 heterocycles. The smallest absolute Gasteiger partial charge is 0.272 e. The van der Waals surface area contributed by atoms with E-state index in [1.807, 2.05) is 13.8 Å². The van der Waals surface area contributed by atoms with Gasteiger partial charge in [0.15, 0.2) is 6.61 Å². The maximum atomic E-state index is 12.2. The van der Waals surface area contributed by atoms with Crippen molar-refractivity contribution in [2.45, 2.75) is 39.7 Å². The molecular weight excluding hydrogens is 294 g/mol. The highest BCUT2D eigenvalue weighted by atomic mass is 19.3. The molecule has 0 radical (unpaired) electrons. The lowest BCUT2D eigenvalue weighted by molar-refractivity contribution is 0.0767. The number of hydrogen-bond donors (Lipinski definition) is 2. The molecule has 124 valence electrons. The molecular formula is C15H22F2N2O3. The summed E-state index contributed by atoms with van der Waals surface area (Å²) in [5, 5.41) is 12.1. The number of alkyl halides is 2. The van der Waals surface area contributed by atoms with E-state index in [1.54, 1.807) is 6.92 Å². The number of pyridine rings is 1. The number of aliphatic hydroxyl groups excluding tert-OH is 1. The molecule has 7 heteroatoms. The Kier molecular flexibility index (Phi) is 6.67. The van der Waals surface area contributed by atoms with Crippen molar-refractivity contribution < 1.29 is 23.4 Å². The molecule has 1 atom stereocenters. The van der Waals surface area contributed by atoms with E-state index in [0.29, 0.717) is 13.0 Å². The van der Waals surface area contributed by atoms with Crippen LogP contribution in [0, 0.1) is 5.41 Å². The zero-order valence-corrected chi connectivity index (χ0v) is 13.0. The van der Waals surface area contributed by atoms with Crippen molar-refractivity contribution >= 4 is 5.91 Å². The van der Waals surface area contributed by atoms with E-state index < -0.39 is 25.0 Å². The molecule has 5 nitrogen and oxygen atoms in total. The summed E-state index contributed by atoms with van der Waals surface area (Å²) in [6, 6.07) is 3.00. The summed E-state index contributed by atoms with van der Waals surface area (Å²) < 4.78 is 29.3. The molecule has 1 aromatic heterocycles. The van der Waals surface area contributed by atoms with Gasteiger partial charge < -0.3 is 15.2 Å². The Labute approximate surface area is 128 Å². The molecule has 22 heavy (non-hydrogen) atoms. The predicted molar refractivity (Wildman–Crippen MR) is 78.1 cm³/mol. The third-order valence-corrected chi connectivity index (χ3v) is 2.94. The number of nitrogens with one attached hydrogen (secondary N) is 1. The van der Waals surface area contributed by atoms with Gasteiger partial charge in [0.05, 0.1) is 6.10 Å². The molecule has 0 aliphatic carbocycles. The van der Waals surface area contributed by atoms with Crippen molar-refractivity contribution in [3.63, 3.8) is 0 Å². The van der Waals surface area contributed by atoms with E-state index in [1.165, 1.54) is 18.3 Å². The van der Waals surface area contributed by atoms with Crippen LogP contribution < -0.4 is 10.1 Å². The highest BCUT2D eigenvalue weighted by molar-refractivity contribution is 5.96. The van der Waals surface area contributed by atoms with E-state index in [-0.39, 0.29) is 16.9 Å². The van der Waals surface area contributed by atoms with Gasteiger partial charge in [-0.25, -0.2) is 13.8 Å². The Morgan fingerprint density at radius 2 is 2.18 bits per heavy atom. The molecule has 0 fully saturated rings. The normalized spacial score (nSPS) is 13.0. The predicted octanol–water partition coefficient (Wildman–Crippen LogP) is 2.25. The molecule has 0 saturated heterocycles. The van der Waals surface area contributed by atoms with Gasteiger partial charge in [-0.1, -0.05) is 13.8 Å². The quantitative estimate of drug-likeness (QED) is 0.771. The summed E-state index contributed by atoms with van der Waals surface area (Å²) in [6.45, 7) is 5.03. The molecule has 0 spiro atoms. The Hall–Kier alpha value is -1.76. The zero-order chi connectivity index (χ0) is 16.8. The average Bonchev–Trinajstić information content (AvgIpc) is 2.41. The van der Waals surface area contributed by atoms with Crippen molar-refractivity contribution in [1.29, 1.82) is 0 Å². The zero-order valence-electron chi connectivity index (χ0n) is 13.0. The van der Waals surface area contributed by atoms with Gasteiger partial charge in [0.2, 0.25) is 5.88 Å². The number of hydrogen-bond acceptors (Lipinski definition) is 4. The second-order valence-electron chi connectivity index (χ2n) is 5.96. The van der Waals surface area contributed by atoms with Gasteiger partial charge in [0.1, 0.15) is 5.56 Å². The highest BCUT2D eigenvalue weighted by Gasteiger charge is 2.22. The van der Waals surface area contributed by atoms with E-state index in [0.717, 1.165) is 0 Å². The van der Waals surface area contributed by atoms with E-state index in [2.05, 4.69) is 10.3 Å². The fourth-order valence-corrected chi connectivity index (χ4v) is 2.11. The lowest BCUT2D eigenvalue weighted by Gasteiger charge is -2.26. The Bertz CT molecular complexity index is 493. The van der Waals surface area contributed by atoms with Crippen LogP contribution in [0.5, 0.6) is 5.88 Å². The fraction of sp³-hybridized carbons (Fsp3) is 0.600. The molecule has 2 N–H and O–H groups in total. The summed E-state index contributed by atoms with van der Waals surface area (Å²) >= 11 is 0. The average molecular weight is 316 g/mol. The topological polar surface area (TPSA) is 71.5 Å². The second kappa shape index (κ2) is 8.03. The van der Waals surface area contributed by atoms with Crippen LogP contribution in [0.4, 0.5) is 8.78 Å². The van der Waals surface area contributed by atoms with Gasteiger partial charge in [0, 0.05) is 12.7 Å². The number of amides is 1. The molecule has 1 rings (SSSR count). The number of nitrogens with zero attached hydrogens (tertiary/aromatic N) is 1. The molecule has 1 aromatic rings. The Morgan fingerprint density at radius 1 is 1.50 bits per heavy atom. The van der Waals surface area contributed by atoms with Gasteiger partial charge in [-0.15, -0.1) is 0 Å². The summed E-state index contributed by atoms with van der Waals surface area (Å²) in [4.78, 5) is 16.0. The number of aromatic nitrogens is 1. The first-order valence-corrected chi connectivity index (χ1v) is 7.03. The lowest BCUT2D eigenvalue weighted by atomic mass is 9.87. The van der Waals surface area contributed by atoms with Crippen LogP contribution in [-0.2, 0) is 0 Å². The molecule has 1 amide bonds. The maximum absolute atomic E-state index is 12.2. The van der Waals surface area contributed by atoms with Crippen molar-refractivity contribution in [2.24, 2.45) is 5.41 Å². The second-order valence-corrected chi connectivity index (χ2v) is 5.96. The number of carbonyl (C=O) groups is 1. The molecule has 0 saturated carbocycles. The van der Waals surface area contributed by atoms with Gasteiger partial charge in [-0.2, -0.15) is 0 Å². The molecule has 0 bridgehead atoms. The van der Waals surface area contributed by atoms with Gasteiger partial charge in [-0.3, -0.25) is 4.79 Å². The minimum atomic E-state index is -2.64. The van der Waals surface area contributed by atoms with Crippen LogP contribution in [0.3, 0.4) is 0 Å². The van der Waals surface area contributed by atoms with Crippen molar-refractivity contribution in [3.05, 3.63) is 23.9 Å². The van der Waals surface area contributed by atoms with Crippen LogP contribution in [0.1, 0.15) is 37.6 Å².